The van der Waals surface area contributed by atoms with Crippen LogP contribution >= 0.6 is 0 Å². The van der Waals surface area contributed by atoms with Crippen molar-refractivity contribution in [1.29, 1.82) is 0 Å². The van der Waals surface area contributed by atoms with Crippen LogP contribution in [0, 0.1) is 0 Å². The lowest BCUT2D eigenvalue weighted by molar-refractivity contribution is -0.143. The molecule has 0 heterocycles. The standard InChI is InChI=1S/C18H22O2Si/c1-4-20-18(19)17(15-11-7-5-8-12-15)21(2,3)16-13-9-6-10-14-16/h5-14,17H,4H2,1-3H3/t17-/m1/s1. The van der Waals surface area contributed by atoms with Gasteiger partial charge in [-0.3, -0.25) is 4.79 Å². The Morgan fingerprint density at radius 3 is 2.05 bits per heavy atom. The topological polar surface area (TPSA) is 26.3 Å². The first-order valence-corrected chi connectivity index (χ1v) is 10.4. The van der Waals surface area contributed by atoms with Gasteiger partial charge in [0.15, 0.2) is 0 Å². The Morgan fingerprint density at radius 1 is 1.00 bits per heavy atom. The van der Waals surface area contributed by atoms with E-state index in [-0.39, 0.29) is 11.5 Å². The van der Waals surface area contributed by atoms with Crippen molar-refractivity contribution in [3.05, 3.63) is 66.2 Å². The summed E-state index contributed by atoms with van der Waals surface area (Å²) in [4.78, 5) is 12.6. The minimum atomic E-state index is -2.02. The van der Waals surface area contributed by atoms with Crippen LogP contribution in [0.15, 0.2) is 60.7 Å². The van der Waals surface area contributed by atoms with Gasteiger partial charge in [0.25, 0.3) is 0 Å². The predicted molar refractivity (Wildman–Crippen MR) is 89.4 cm³/mol. The first kappa shape index (κ1) is 15.5. The van der Waals surface area contributed by atoms with Crippen LogP contribution in [0.25, 0.3) is 0 Å². The second kappa shape index (κ2) is 6.72. The van der Waals surface area contributed by atoms with E-state index in [0.717, 1.165) is 5.56 Å². The van der Waals surface area contributed by atoms with E-state index in [0.29, 0.717) is 6.61 Å². The summed E-state index contributed by atoms with van der Waals surface area (Å²) in [6.07, 6.45) is 0. The molecule has 0 saturated carbocycles. The second-order valence-electron chi connectivity index (χ2n) is 5.68. The molecule has 2 aromatic carbocycles. The number of esters is 1. The van der Waals surface area contributed by atoms with Gasteiger partial charge < -0.3 is 4.74 Å². The van der Waals surface area contributed by atoms with Gasteiger partial charge in [-0.15, -0.1) is 0 Å². The molecule has 3 heteroatoms. The van der Waals surface area contributed by atoms with Gasteiger partial charge in [0, 0.05) is 0 Å². The zero-order valence-corrected chi connectivity index (χ0v) is 13.9. The number of benzene rings is 2. The lowest BCUT2D eigenvalue weighted by Gasteiger charge is -2.31. The largest absolute Gasteiger partial charge is 0.466 e. The van der Waals surface area contributed by atoms with Crippen molar-refractivity contribution in [3.8, 4) is 0 Å². The summed E-state index contributed by atoms with van der Waals surface area (Å²) in [5.74, 6) is -0.107. The number of carbonyl (C=O) groups excluding carboxylic acids is 1. The Labute approximate surface area is 127 Å². The molecule has 0 aromatic heterocycles. The van der Waals surface area contributed by atoms with E-state index in [9.17, 15) is 4.79 Å². The number of rotatable bonds is 5. The van der Waals surface area contributed by atoms with E-state index in [1.54, 1.807) is 0 Å². The van der Waals surface area contributed by atoms with Crippen LogP contribution in [0.2, 0.25) is 13.1 Å². The zero-order valence-electron chi connectivity index (χ0n) is 12.9. The number of carbonyl (C=O) groups is 1. The Bertz CT molecular complexity index is 579. The minimum Gasteiger partial charge on any atom is -0.466 e. The highest BCUT2D eigenvalue weighted by Gasteiger charge is 2.40. The van der Waals surface area contributed by atoms with E-state index >= 15 is 0 Å². The van der Waals surface area contributed by atoms with Gasteiger partial charge in [0.05, 0.1) is 12.1 Å². The van der Waals surface area contributed by atoms with E-state index in [4.69, 9.17) is 4.74 Å². The fourth-order valence-electron chi connectivity index (χ4n) is 2.75. The smallest absolute Gasteiger partial charge is 0.310 e. The molecule has 2 aromatic rings. The Hall–Kier alpha value is -1.87. The third-order valence-corrected chi connectivity index (χ3v) is 7.73. The van der Waals surface area contributed by atoms with Crippen LogP contribution in [0.5, 0.6) is 0 Å². The van der Waals surface area contributed by atoms with Crippen molar-refractivity contribution < 1.29 is 9.53 Å². The Morgan fingerprint density at radius 2 is 1.52 bits per heavy atom. The quantitative estimate of drug-likeness (QED) is 0.624. The van der Waals surface area contributed by atoms with E-state index in [2.05, 4.69) is 25.2 Å². The van der Waals surface area contributed by atoms with Crippen LogP contribution in [0.4, 0.5) is 0 Å². The second-order valence-corrected chi connectivity index (χ2v) is 10.3. The van der Waals surface area contributed by atoms with E-state index in [1.807, 2.05) is 55.5 Å². The van der Waals surface area contributed by atoms with Gasteiger partial charge in [0.1, 0.15) is 8.07 Å². The Kier molecular flexibility index (Phi) is 4.97. The number of hydrogen-bond acceptors (Lipinski definition) is 2. The first-order valence-electron chi connectivity index (χ1n) is 7.34. The average Bonchev–Trinajstić information content (AvgIpc) is 2.49. The molecule has 0 N–H and O–H groups in total. The lowest BCUT2D eigenvalue weighted by Crippen LogP contribution is -2.51. The third kappa shape index (κ3) is 3.42. The monoisotopic (exact) mass is 298 g/mol. The molecule has 0 spiro atoms. The van der Waals surface area contributed by atoms with Gasteiger partial charge in [0.2, 0.25) is 0 Å². The van der Waals surface area contributed by atoms with Gasteiger partial charge in [-0.25, -0.2) is 0 Å². The summed E-state index contributed by atoms with van der Waals surface area (Å²) in [6.45, 7) is 6.74. The lowest BCUT2D eigenvalue weighted by atomic mass is 10.1. The van der Waals surface area contributed by atoms with Crippen molar-refractivity contribution in [3.63, 3.8) is 0 Å². The maximum atomic E-state index is 12.6. The molecular weight excluding hydrogens is 276 g/mol. The molecule has 0 amide bonds. The van der Waals surface area contributed by atoms with Gasteiger partial charge >= 0.3 is 5.97 Å². The highest BCUT2D eigenvalue weighted by molar-refractivity contribution is 6.93. The molecule has 0 fully saturated rings. The van der Waals surface area contributed by atoms with Crippen LogP contribution < -0.4 is 5.19 Å². The molecule has 110 valence electrons. The predicted octanol–water partition coefficient (Wildman–Crippen LogP) is 3.49. The summed E-state index contributed by atoms with van der Waals surface area (Å²) in [6, 6.07) is 20.3. The summed E-state index contributed by atoms with van der Waals surface area (Å²) in [7, 11) is -2.02. The van der Waals surface area contributed by atoms with Crippen LogP contribution in [-0.2, 0) is 9.53 Å². The van der Waals surface area contributed by atoms with Crippen molar-refractivity contribution in [2.45, 2.75) is 25.6 Å². The molecule has 2 rings (SSSR count). The number of ether oxygens (including phenoxy) is 1. The third-order valence-electron chi connectivity index (χ3n) is 3.89. The maximum Gasteiger partial charge on any atom is 0.310 e. The van der Waals surface area contributed by atoms with Crippen LogP contribution in [-0.4, -0.2) is 20.7 Å². The van der Waals surface area contributed by atoms with Crippen molar-refractivity contribution >= 4 is 19.2 Å². The van der Waals surface area contributed by atoms with Crippen molar-refractivity contribution in [2.75, 3.05) is 6.61 Å². The average molecular weight is 298 g/mol. The minimum absolute atomic E-state index is 0.107. The van der Waals surface area contributed by atoms with Gasteiger partial charge in [-0.05, 0) is 12.5 Å². The summed E-state index contributed by atoms with van der Waals surface area (Å²) in [5.41, 5.74) is 0.873. The van der Waals surface area contributed by atoms with E-state index in [1.165, 1.54) is 5.19 Å². The van der Waals surface area contributed by atoms with Crippen molar-refractivity contribution in [1.82, 2.24) is 0 Å². The van der Waals surface area contributed by atoms with Crippen molar-refractivity contribution in [2.24, 2.45) is 0 Å². The highest BCUT2D eigenvalue weighted by atomic mass is 28.3. The molecule has 0 aliphatic heterocycles. The molecule has 0 radical (unpaired) electrons. The normalized spacial score (nSPS) is 12.7. The molecule has 21 heavy (non-hydrogen) atoms. The zero-order chi connectivity index (χ0) is 15.3. The summed E-state index contributed by atoms with van der Waals surface area (Å²) in [5, 5.41) is 1.27. The number of hydrogen-bond donors (Lipinski definition) is 0. The fourth-order valence-corrected chi connectivity index (χ4v) is 5.84. The van der Waals surface area contributed by atoms with Crippen LogP contribution in [0.3, 0.4) is 0 Å². The van der Waals surface area contributed by atoms with Gasteiger partial charge in [-0.1, -0.05) is 78.9 Å². The maximum absolute atomic E-state index is 12.6. The SMILES string of the molecule is CCOC(=O)[C@@H](c1ccccc1)[Si](C)(C)c1ccccc1. The van der Waals surface area contributed by atoms with Crippen LogP contribution in [0.1, 0.15) is 18.0 Å². The first-order chi connectivity index (χ1) is 10.1. The molecular formula is C18H22O2Si. The molecule has 1 atom stereocenters. The molecule has 0 aliphatic rings. The molecule has 0 bridgehead atoms. The fraction of sp³-hybridized carbons (Fsp3) is 0.278. The van der Waals surface area contributed by atoms with E-state index < -0.39 is 8.07 Å². The summed E-state index contributed by atoms with van der Waals surface area (Å²) < 4.78 is 5.36. The Balaban J connectivity index is 2.47. The molecule has 2 nitrogen and oxygen atoms in total. The van der Waals surface area contributed by atoms with Gasteiger partial charge in [-0.2, -0.15) is 0 Å². The molecule has 0 aliphatic carbocycles. The molecule has 0 unspecified atom stereocenters. The summed E-state index contributed by atoms with van der Waals surface area (Å²) >= 11 is 0. The molecule has 0 saturated heterocycles. The highest BCUT2D eigenvalue weighted by Crippen LogP contribution is 2.28.